The van der Waals surface area contributed by atoms with E-state index in [1.807, 2.05) is 25.1 Å². The molecule has 2 aromatic carbocycles. The largest absolute Gasteiger partial charge is 0.493 e. The van der Waals surface area contributed by atoms with Gasteiger partial charge < -0.3 is 19.5 Å². The second-order valence-corrected chi connectivity index (χ2v) is 5.59. The minimum Gasteiger partial charge on any atom is -0.493 e. The van der Waals surface area contributed by atoms with Crippen molar-refractivity contribution in [1.82, 2.24) is 0 Å². The number of anilines is 1. The van der Waals surface area contributed by atoms with Crippen LogP contribution in [0.4, 0.5) is 5.69 Å². The predicted octanol–water partition coefficient (Wildman–Crippen LogP) is 4.54. The van der Waals surface area contributed by atoms with Crippen LogP contribution < -0.4 is 14.8 Å². The van der Waals surface area contributed by atoms with Crippen LogP contribution in [0.1, 0.15) is 29.8 Å². The number of hydrogen-bond donors (Lipinski definition) is 1. The quantitative estimate of drug-likeness (QED) is 0.698. The highest BCUT2D eigenvalue weighted by Gasteiger charge is 2.11. The summed E-state index contributed by atoms with van der Waals surface area (Å²) in [7, 11) is 1.58. The first kappa shape index (κ1) is 18.9. The van der Waals surface area contributed by atoms with Gasteiger partial charge in [-0.25, -0.2) is 4.79 Å². The maximum Gasteiger partial charge on any atom is 0.338 e. The standard InChI is InChI=1S/C19H22ClNO4/c1-4-24-18-10-14(16(20)11-17(18)23-3)12-21-15-8-6-13(7-9-15)19(22)25-5-2/h6-11,21H,4-5,12H2,1-3H3. The summed E-state index contributed by atoms with van der Waals surface area (Å²) >= 11 is 6.31. The first-order chi connectivity index (χ1) is 12.1. The zero-order valence-electron chi connectivity index (χ0n) is 14.6. The normalized spacial score (nSPS) is 10.2. The average Bonchev–Trinajstić information content (AvgIpc) is 2.62. The van der Waals surface area contributed by atoms with Gasteiger partial charge in [0.2, 0.25) is 0 Å². The van der Waals surface area contributed by atoms with Crippen molar-refractivity contribution < 1.29 is 19.0 Å². The van der Waals surface area contributed by atoms with Crippen LogP contribution in [0.15, 0.2) is 36.4 Å². The van der Waals surface area contributed by atoms with Gasteiger partial charge in [-0.15, -0.1) is 0 Å². The Balaban J connectivity index is 2.08. The molecular weight excluding hydrogens is 342 g/mol. The van der Waals surface area contributed by atoms with Crippen molar-refractivity contribution in [3.05, 3.63) is 52.5 Å². The SMILES string of the molecule is CCOC(=O)c1ccc(NCc2cc(OCC)c(OC)cc2Cl)cc1. The Bertz CT molecular complexity index is 716. The van der Waals surface area contributed by atoms with Gasteiger partial charge in [0.1, 0.15) is 0 Å². The molecule has 0 aromatic heterocycles. The zero-order valence-corrected chi connectivity index (χ0v) is 15.4. The fourth-order valence-corrected chi connectivity index (χ4v) is 2.50. The molecule has 0 spiro atoms. The Morgan fingerprint density at radius 2 is 1.80 bits per heavy atom. The Hall–Kier alpha value is -2.40. The minimum absolute atomic E-state index is 0.325. The molecule has 0 heterocycles. The van der Waals surface area contributed by atoms with E-state index in [4.69, 9.17) is 25.8 Å². The highest BCUT2D eigenvalue weighted by molar-refractivity contribution is 6.31. The molecule has 1 N–H and O–H groups in total. The first-order valence-corrected chi connectivity index (χ1v) is 8.47. The van der Waals surface area contributed by atoms with Gasteiger partial charge in [0.05, 0.1) is 25.9 Å². The lowest BCUT2D eigenvalue weighted by Crippen LogP contribution is -2.05. The van der Waals surface area contributed by atoms with Crippen molar-refractivity contribution in [2.75, 3.05) is 25.6 Å². The number of benzene rings is 2. The topological polar surface area (TPSA) is 56.8 Å². The molecule has 0 aliphatic carbocycles. The van der Waals surface area contributed by atoms with Gasteiger partial charge >= 0.3 is 5.97 Å². The van der Waals surface area contributed by atoms with Crippen LogP contribution in [0.2, 0.25) is 5.02 Å². The minimum atomic E-state index is -0.325. The molecule has 134 valence electrons. The summed E-state index contributed by atoms with van der Waals surface area (Å²) in [5.74, 6) is 0.937. The van der Waals surface area contributed by atoms with E-state index >= 15 is 0 Å². The summed E-state index contributed by atoms with van der Waals surface area (Å²) in [6.07, 6.45) is 0. The Morgan fingerprint density at radius 1 is 1.08 bits per heavy atom. The third kappa shape index (κ3) is 5.03. The molecule has 0 amide bonds. The smallest absolute Gasteiger partial charge is 0.338 e. The molecule has 0 fully saturated rings. The van der Waals surface area contributed by atoms with E-state index in [9.17, 15) is 4.79 Å². The number of halogens is 1. The molecule has 5 nitrogen and oxygen atoms in total. The van der Waals surface area contributed by atoms with Crippen LogP contribution in [0.5, 0.6) is 11.5 Å². The second kappa shape index (κ2) is 9.18. The lowest BCUT2D eigenvalue weighted by Gasteiger charge is -2.14. The van der Waals surface area contributed by atoms with Crippen molar-refractivity contribution in [2.24, 2.45) is 0 Å². The molecule has 0 aliphatic rings. The first-order valence-electron chi connectivity index (χ1n) is 8.09. The van der Waals surface area contributed by atoms with Gasteiger partial charge in [-0.2, -0.15) is 0 Å². The average molecular weight is 364 g/mol. The van der Waals surface area contributed by atoms with Gasteiger partial charge in [-0.3, -0.25) is 0 Å². The van der Waals surface area contributed by atoms with E-state index in [-0.39, 0.29) is 5.97 Å². The number of carbonyl (C=O) groups is 1. The summed E-state index contributed by atoms with van der Waals surface area (Å²) in [6.45, 7) is 5.11. The Morgan fingerprint density at radius 3 is 2.40 bits per heavy atom. The lowest BCUT2D eigenvalue weighted by molar-refractivity contribution is 0.0526. The van der Waals surface area contributed by atoms with Gasteiger partial charge in [0.15, 0.2) is 11.5 Å². The number of carbonyl (C=O) groups excluding carboxylic acids is 1. The van der Waals surface area contributed by atoms with Crippen molar-refractivity contribution in [1.29, 1.82) is 0 Å². The number of rotatable bonds is 8. The number of esters is 1. The maximum absolute atomic E-state index is 11.7. The van der Waals surface area contributed by atoms with Crippen LogP contribution in [0, 0.1) is 0 Å². The van der Waals surface area contributed by atoms with Crippen molar-refractivity contribution in [3.63, 3.8) is 0 Å². The molecular formula is C19H22ClNO4. The Labute approximate surface area is 152 Å². The van der Waals surface area contributed by atoms with E-state index < -0.39 is 0 Å². The van der Waals surface area contributed by atoms with Crippen molar-refractivity contribution >= 4 is 23.3 Å². The monoisotopic (exact) mass is 363 g/mol. The molecule has 0 atom stereocenters. The highest BCUT2D eigenvalue weighted by atomic mass is 35.5. The summed E-state index contributed by atoms with van der Waals surface area (Å²) in [4.78, 5) is 11.7. The fraction of sp³-hybridized carbons (Fsp3) is 0.316. The van der Waals surface area contributed by atoms with Gasteiger partial charge in [0.25, 0.3) is 0 Å². The Kier molecular flexibility index (Phi) is 6.95. The van der Waals surface area contributed by atoms with E-state index in [0.29, 0.717) is 41.8 Å². The zero-order chi connectivity index (χ0) is 18.2. The van der Waals surface area contributed by atoms with E-state index in [2.05, 4.69) is 5.32 Å². The number of nitrogens with one attached hydrogen (secondary N) is 1. The van der Waals surface area contributed by atoms with E-state index in [1.165, 1.54) is 0 Å². The van der Waals surface area contributed by atoms with Gasteiger partial charge in [-0.05, 0) is 49.7 Å². The summed E-state index contributed by atoms with van der Waals surface area (Å²) in [5, 5.41) is 3.87. The molecule has 0 radical (unpaired) electrons. The molecule has 25 heavy (non-hydrogen) atoms. The van der Waals surface area contributed by atoms with Crippen molar-refractivity contribution in [2.45, 2.75) is 20.4 Å². The van der Waals surface area contributed by atoms with Crippen LogP contribution >= 0.6 is 11.6 Å². The molecule has 0 saturated carbocycles. The molecule has 0 bridgehead atoms. The third-order valence-electron chi connectivity index (χ3n) is 3.51. The maximum atomic E-state index is 11.7. The lowest BCUT2D eigenvalue weighted by atomic mass is 10.1. The third-order valence-corrected chi connectivity index (χ3v) is 3.86. The summed E-state index contributed by atoms with van der Waals surface area (Å²) in [5.41, 5.74) is 2.28. The molecule has 0 saturated heterocycles. The molecule has 2 aromatic rings. The van der Waals surface area contributed by atoms with Gasteiger partial charge in [-0.1, -0.05) is 11.6 Å². The number of hydrogen-bond acceptors (Lipinski definition) is 5. The van der Waals surface area contributed by atoms with Crippen molar-refractivity contribution in [3.8, 4) is 11.5 Å². The summed E-state index contributed by atoms with van der Waals surface area (Å²) in [6, 6.07) is 10.7. The van der Waals surface area contributed by atoms with Crippen LogP contribution in [0.25, 0.3) is 0 Å². The van der Waals surface area contributed by atoms with Crippen LogP contribution in [0.3, 0.4) is 0 Å². The van der Waals surface area contributed by atoms with E-state index in [0.717, 1.165) is 11.3 Å². The van der Waals surface area contributed by atoms with Gasteiger partial charge in [0, 0.05) is 23.3 Å². The highest BCUT2D eigenvalue weighted by Crippen LogP contribution is 2.33. The second-order valence-electron chi connectivity index (χ2n) is 5.18. The molecule has 0 aliphatic heterocycles. The molecule has 2 rings (SSSR count). The number of ether oxygens (including phenoxy) is 3. The van der Waals surface area contributed by atoms with E-state index in [1.54, 1.807) is 32.2 Å². The fourth-order valence-electron chi connectivity index (χ4n) is 2.28. The molecule has 6 heteroatoms. The van der Waals surface area contributed by atoms with Crippen LogP contribution in [-0.4, -0.2) is 26.3 Å². The number of methoxy groups -OCH3 is 1. The predicted molar refractivity (Wildman–Crippen MR) is 98.9 cm³/mol. The summed E-state index contributed by atoms with van der Waals surface area (Å²) < 4.78 is 15.8. The molecule has 0 unspecified atom stereocenters. The van der Waals surface area contributed by atoms with Crippen LogP contribution in [-0.2, 0) is 11.3 Å².